The van der Waals surface area contributed by atoms with Crippen LogP contribution in [0.25, 0.3) is 0 Å². The van der Waals surface area contributed by atoms with Gasteiger partial charge in [0.05, 0.1) is 24.7 Å². The fourth-order valence-corrected chi connectivity index (χ4v) is 2.14. The Morgan fingerprint density at radius 3 is 2.15 bits per heavy atom. The Balaban J connectivity index is 2.97. The summed E-state index contributed by atoms with van der Waals surface area (Å²) in [7, 11) is 0. The number of aliphatic hydroxyl groups excluding tert-OH is 2. The van der Waals surface area contributed by atoms with Gasteiger partial charge in [0.25, 0.3) is 0 Å². The Morgan fingerprint density at radius 2 is 1.75 bits per heavy atom. The molecule has 20 heavy (non-hydrogen) atoms. The summed E-state index contributed by atoms with van der Waals surface area (Å²) in [5.74, 6) is -0.490. The number of amides is 1. The Labute approximate surface area is 124 Å². The van der Waals surface area contributed by atoms with Crippen LogP contribution in [0.4, 0.5) is 0 Å². The van der Waals surface area contributed by atoms with Gasteiger partial charge in [-0.15, -0.1) is 0 Å². The molecule has 1 amide bonds. The second-order valence-electron chi connectivity index (χ2n) is 5.64. The third-order valence-corrected chi connectivity index (χ3v) is 3.55. The summed E-state index contributed by atoms with van der Waals surface area (Å²) in [6.07, 6.45) is 0. The second kappa shape index (κ2) is 7.07. The fourth-order valence-electron chi connectivity index (χ4n) is 2.01. The Kier molecular flexibility index (Phi) is 5.99. The van der Waals surface area contributed by atoms with E-state index in [2.05, 4.69) is 5.32 Å². The lowest BCUT2D eigenvalue weighted by molar-refractivity contribution is -0.126. The largest absolute Gasteiger partial charge is 0.394 e. The van der Waals surface area contributed by atoms with Crippen molar-refractivity contribution in [3.05, 3.63) is 34.9 Å². The van der Waals surface area contributed by atoms with Gasteiger partial charge in [-0.3, -0.25) is 4.79 Å². The minimum atomic E-state index is -1.02. The molecule has 0 aromatic heterocycles. The van der Waals surface area contributed by atoms with Crippen LogP contribution in [0.3, 0.4) is 0 Å². The van der Waals surface area contributed by atoms with Gasteiger partial charge in [-0.1, -0.05) is 37.6 Å². The first-order chi connectivity index (χ1) is 9.33. The van der Waals surface area contributed by atoms with Crippen molar-refractivity contribution >= 4 is 17.5 Å². The third-order valence-electron chi connectivity index (χ3n) is 3.30. The van der Waals surface area contributed by atoms with Crippen molar-refractivity contribution in [2.75, 3.05) is 13.2 Å². The Bertz CT molecular complexity index is 441. The van der Waals surface area contributed by atoms with E-state index in [4.69, 9.17) is 11.6 Å². The van der Waals surface area contributed by atoms with Gasteiger partial charge in [-0.2, -0.15) is 0 Å². The van der Waals surface area contributed by atoms with Crippen LogP contribution in [-0.4, -0.2) is 34.9 Å². The van der Waals surface area contributed by atoms with E-state index >= 15 is 0 Å². The molecule has 4 nitrogen and oxygen atoms in total. The van der Waals surface area contributed by atoms with Crippen LogP contribution in [0.15, 0.2) is 24.3 Å². The smallest absolute Gasteiger partial charge is 0.228 e. The van der Waals surface area contributed by atoms with E-state index in [1.54, 1.807) is 19.1 Å². The maximum absolute atomic E-state index is 12.4. The minimum Gasteiger partial charge on any atom is -0.394 e. The van der Waals surface area contributed by atoms with Crippen molar-refractivity contribution in [2.45, 2.75) is 32.2 Å². The van der Waals surface area contributed by atoms with Gasteiger partial charge in [-0.25, -0.2) is 0 Å². The third kappa shape index (κ3) is 4.20. The summed E-state index contributed by atoms with van der Waals surface area (Å²) >= 11 is 5.86. The topological polar surface area (TPSA) is 69.6 Å². The second-order valence-corrected chi connectivity index (χ2v) is 6.08. The van der Waals surface area contributed by atoms with Gasteiger partial charge in [0.1, 0.15) is 0 Å². The lowest BCUT2D eigenvalue weighted by Gasteiger charge is -2.30. The lowest BCUT2D eigenvalue weighted by atomic mass is 9.87. The van der Waals surface area contributed by atoms with Crippen LogP contribution < -0.4 is 5.32 Å². The first-order valence-corrected chi connectivity index (χ1v) is 7.00. The zero-order chi connectivity index (χ0) is 15.3. The summed E-state index contributed by atoms with van der Waals surface area (Å²) in [5, 5.41) is 21.9. The molecule has 0 aliphatic rings. The average Bonchev–Trinajstić information content (AvgIpc) is 2.40. The number of halogens is 1. The van der Waals surface area contributed by atoms with Gasteiger partial charge in [0.15, 0.2) is 0 Å². The summed E-state index contributed by atoms with van der Waals surface area (Å²) < 4.78 is 0. The predicted molar refractivity (Wildman–Crippen MR) is 79.8 cm³/mol. The number of carbonyl (C=O) groups excluding carboxylic acids is 1. The molecule has 1 atom stereocenters. The molecule has 0 spiro atoms. The highest BCUT2D eigenvalue weighted by molar-refractivity contribution is 6.30. The lowest BCUT2D eigenvalue weighted by Crippen LogP contribution is -2.53. The normalized spacial score (nSPS) is 13.3. The van der Waals surface area contributed by atoms with Gasteiger partial charge in [0.2, 0.25) is 5.91 Å². The molecule has 112 valence electrons. The highest BCUT2D eigenvalue weighted by Gasteiger charge is 2.31. The number of rotatable bonds is 6. The first kappa shape index (κ1) is 17.0. The molecule has 0 bridgehead atoms. The molecular weight excluding hydrogens is 278 g/mol. The standard InChI is InChI=1S/C15H22ClNO3/c1-10(2)13(11-4-6-12(16)7-5-11)14(20)17-15(3,8-18)9-19/h4-7,10,13,18-19H,8-9H2,1-3H3,(H,17,20). The zero-order valence-corrected chi connectivity index (χ0v) is 12.8. The van der Waals surface area contributed by atoms with Crippen molar-refractivity contribution in [3.8, 4) is 0 Å². The van der Waals surface area contributed by atoms with Crippen molar-refractivity contribution in [3.63, 3.8) is 0 Å². The molecule has 0 aliphatic heterocycles. The highest BCUT2D eigenvalue weighted by Crippen LogP contribution is 2.26. The number of nitrogens with one attached hydrogen (secondary N) is 1. The Hall–Kier alpha value is -1.10. The number of hydrogen-bond acceptors (Lipinski definition) is 3. The molecule has 0 saturated carbocycles. The number of aliphatic hydroxyl groups is 2. The number of carbonyl (C=O) groups is 1. The minimum absolute atomic E-state index is 0.0813. The predicted octanol–water partition coefficient (Wildman–Crippen LogP) is 1.94. The maximum Gasteiger partial charge on any atom is 0.228 e. The fraction of sp³-hybridized carbons (Fsp3) is 0.533. The van der Waals surface area contributed by atoms with Crippen LogP contribution in [0.5, 0.6) is 0 Å². The number of benzene rings is 1. The molecule has 5 heteroatoms. The molecule has 0 heterocycles. The average molecular weight is 300 g/mol. The van der Waals surface area contributed by atoms with E-state index in [-0.39, 0.29) is 31.0 Å². The van der Waals surface area contributed by atoms with Crippen molar-refractivity contribution in [1.82, 2.24) is 5.32 Å². The molecule has 0 fully saturated rings. The quantitative estimate of drug-likeness (QED) is 0.752. The van der Waals surface area contributed by atoms with Gasteiger partial charge >= 0.3 is 0 Å². The molecule has 0 aliphatic carbocycles. The molecule has 3 N–H and O–H groups in total. The molecule has 1 aromatic rings. The van der Waals surface area contributed by atoms with Crippen LogP contribution in [0.2, 0.25) is 5.02 Å². The monoisotopic (exact) mass is 299 g/mol. The zero-order valence-electron chi connectivity index (χ0n) is 12.1. The maximum atomic E-state index is 12.4. The summed E-state index contributed by atoms with van der Waals surface area (Å²) in [6, 6.07) is 7.14. The molecule has 0 saturated heterocycles. The molecule has 1 unspecified atom stereocenters. The highest BCUT2D eigenvalue weighted by atomic mass is 35.5. The van der Waals surface area contributed by atoms with E-state index in [0.29, 0.717) is 5.02 Å². The molecule has 1 aromatic carbocycles. The van der Waals surface area contributed by atoms with E-state index in [9.17, 15) is 15.0 Å². The van der Waals surface area contributed by atoms with E-state index in [0.717, 1.165) is 5.56 Å². The molecule has 0 radical (unpaired) electrons. The van der Waals surface area contributed by atoms with E-state index in [1.807, 2.05) is 26.0 Å². The summed E-state index contributed by atoms with van der Waals surface area (Å²) in [4.78, 5) is 12.4. The Morgan fingerprint density at radius 1 is 1.25 bits per heavy atom. The van der Waals surface area contributed by atoms with Crippen LogP contribution in [-0.2, 0) is 4.79 Å². The first-order valence-electron chi connectivity index (χ1n) is 6.62. The summed E-state index contributed by atoms with van der Waals surface area (Å²) in [5.41, 5.74) is -0.156. The molecule has 1 rings (SSSR count). The van der Waals surface area contributed by atoms with Crippen molar-refractivity contribution < 1.29 is 15.0 Å². The van der Waals surface area contributed by atoms with Crippen LogP contribution >= 0.6 is 11.6 Å². The SMILES string of the molecule is CC(C)C(C(=O)NC(C)(CO)CO)c1ccc(Cl)cc1. The molecular formula is C15H22ClNO3. The van der Waals surface area contributed by atoms with Crippen LogP contribution in [0.1, 0.15) is 32.3 Å². The van der Waals surface area contributed by atoms with Gasteiger partial charge < -0.3 is 15.5 Å². The summed E-state index contributed by atoms with van der Waals surface area (Å²) in [6.45, 7) is 4.87. The van der Waals surface area contributed by atoms with Gasteiger partial charge in [0, 0.05) is 5.02 Å². The number of hydrogen-bond donors (Lipinski definition) is 3. The van der Waals surface area contributed by atoms with Gasteiger partial charge in [-0.05, 0) is 30.5 Å². The van der Waals surface area contributed by atoms with Crippen molar-refractivity contribution in [2.24, 2.45) is 5.92 Å². The van der Waals surface area contributed by atoms with Crippen LogP contribution in [0, 0.1) is 5.92 Å². The van der Waals surface area contributed by atoms with Crippen molar-refractivity contribution in [1.29, 1.82) is 0 Å². The van der Waals surface area contributed by atoms with E-state index < -0.39 is 5.54 Å². The van der Waals surface area contributed by atoms with E-state index in [1.165, 1.54) is 0 Å².